The number of ether oxygens (including phenoxy) is 1. The summed E-state index contributed by atoms with van der Waals surface area (Å²) in [6.45, 7) is 2.15. The molecule has 0 aliphatic heterocycles. The fourth-order valence-electron chi connectivity index (χ4n) is 2.70. The van der Waals surface area contributed by atoms with E-state index in [1.165, 1.54) is 17.0 Å². The van der Waals surface area contributed by atoms with E-state index in [0.717, 1.165) is 10.4 Å². The van der Waals surface area contributed by atoms with Gasteiger partial charge in [-0.3, -0.25) is 9.59 Å². The number of thiophene rings is 1. The number of ketones is 1. The fourth-order valence-corrected chi connectivity index (χ4v) is 3.66. The van der Waals surface area contributed by atoms with Crippen LogP contribution in [0.4, 0.5) is 0 Å². The minimum absolute atomic E-state index is 0.119. The number of carbonyl (C=O) groups excluding carboxylic acids is 3. The number of likely N-dealkylation sites (N-methyl/N-ethyl adjacent to an activating group) is 1. The molecule has 0 bridgehead atoms. The van der Waals surface area contributed by atoms with Gasteiger partial charge in [-0.05, 0) is 36.1 Å². The molecule has 0 radical (unpaired) electrons. The van der Waals surface area contributed by atoms with Crippen molar-refractivity contribution in [3.63, 3.8) is 0 Å². The average molecular weight is 407 g/mol. The maximum absolute atomic E-state index is 12.4. The number of carbonyl (C=O) groups is 3. The van der Waals surface area contributed by atoms with Crippen molar-refractivity contribution in [2.45, 2.75) is 13.5 Å². The number of hydrogen-bond acceptors (Lipinski definition) is 5. The molecule has 2 aromatic carbocycles. The molecule has 1 heterocycles. The number of aryl methyl sites for hydroxylation is 1. The van der Waals surface area contributed by atoms with Gasteiger partial charge in [-0.2, -0.15) is 0 Å². The molecule has 6 heteroatoms. The van der Waals surface area contributed by atoms with Crippen LogP contribution in [0.3, 0.4) is 0 Å². The molecule has 0 spiro atoms. The first-order valence-electron chi connectivity index (χ1n) is 9.09. The van der Waals surface area contributed by atoms with Gasteiger partial charge in [-0.1, -0.05) is 42.5 Å². The molecule has 0 aliphatic carbocycles. The molecule has 3 aromatic rings. The molecule has 0 saturated heterocycles. The maximum Gasteiger partial charge on any atom is 0.338 e. The van der Waals surface area contributed by atoms with E-state index < -0.39 is 5.97 Å². The second-order valence-corrected chi connectivity index (χ2v) is 7.63. The fraction of sp³-hybridized carbons (Fsp3) is 0.174. The average Bonchev–Trinajstić information content (AvgIpc) is 3.16. The van der Waals surface area contributed by atoms with Crippen molar-refractivity contribution in [2.75, 3.05) is 13.7 Å². The summed E-state index contributed by atoms with van der Waals surface area (Å²) in [4.78, 5) is 39.5. The van der Waals surface area contributed by atoms with Gasteiger partial charge >= 0.3 is 5.97 Å². The van der Waals surface area contributed by atoms with Crippen molar-refractivity contribution >= 4 is 29.0 Å². The third-order valence-electron chi connectivity index (χ3n) is 4.52. The van der Waals surface area contributed by atoms with Crippen LogP contribution in [0.1, 0.15) is 36.7 Å². The van der Waals surface area contributed by atoms with Gasteiger partial charge in [-0.15, -0.1) is 11.3 Å². The Morgan fingerprint density at radius 3 is 2.14 bits per heavy atom. The van der Waals surface area contributed by atoms with Crippen molar-refractivity contribution in [3.05, 3.63) is 93.2 Å². The molecular formula is C23H21NO4S. The zero-order valence-corrected chi connectivity index (χ0v) is 17.1. The van der Waals surface area contributed by atoms with Crippen molar-refractivity contribution in [1.82, 2.24) is 4.90 Å². The van der Waals surface area contributed by atoms with E-state index in [9.17, 15) is 14.4 Å². The first-order valence-corrected chi connectivity index (χ1v) is 9.97. The summed E-state index contributed by atoms with van der Waals surface area (Å²) in [6, 6.07) is 17.1. The number of rotatable bonds is 7. The van der Waals surface area contributed by atoms with Crippen molar-refractivity contribution in [1.29, 1.82) is 0 Å². The van der Waals surface area contributed by atoms with Crippen LogP contribution in [-0.2, 0) is 16.1 Å². The number of esters is 1. The Kier molecular flexibility index (Phi) is 6.57. The number of amides is 1. The molecule has 148 valence electrons. The summed E-state index contributed by atoms with van der Waals surface area (Å²) >= 11 is 1.59. The quantitative estimate of drug-likeness (QED) is 0.437. The molecule has 29 heavy (non-hydrogen) atoms. The maximum atomic E-state index is 12.4. The highest BCUT2D eigenvalue weighted by Gasteiger charge is 2.16. The van der Waals surface area contributed by atoms with Gasteiger partial charge in [0.1, 0.15) is 0 Å². The Labute approximate surface area is 173 Å². The van der Waals surface area contributed by atoms with Crippen LogP contribution in [0.2, 0.25) is 0 Å². The van der Waals surface area contributed by atoms with Crippen LogP contribution in [0.25, 0.3) is 0 Å². The van der Waals surface area contributed by atoms with Crippen LogP contribution in [0, 0.1) is 6.92 Å². The van der Waals surface area contributed by atoms with Crippen LogP contribution in [0.5, 0.6) is 0 Å². The van der Waals surface area contributed by atoms with Crippen LogP contribution in [-0.4, -0.2) is 36.2 Å². The number of nitrogens with zero attached hydrogens (tertiary/aromatic N) is 1. The first kappa shape index (κ1) is 20.5. The van der Waals surface area contributed by atoms with E-state index in [-0.39, 0.29) is 18.3 Å². The minimum Gasteiger partial charge on any atom is -0.452 e. The van der Waals surface area contributed by atoms with Gasteiger partial charge in [0.15, 0.2) is 12.4 Å². The molecule has 0 N–H and O–H groups in total. The summed E-state index contributed by atoms with van der Waals surface area (Å²) in [7, 11) is 1.68. The smallest absolute Gasteiger partial charge is 0.338 e. The molecule has 5 nitrogen and oxygen atoms in total. The zero-order chi connectivity index (χ0) is 20.8. The highest BCUT2D eigenvalue weighted by Crippen LogP contribution is 2.17. The van der Waals surface area contributed by atoms with Gasteiger partial charge in [-0.25, -0.2) is 4.79 Å². The Hall–Kier alpha value is -3.25. The van der Waals surface area contributed by atoms with Crippen LogP contribution in [0.15, 0.2) is 66.0 Å². The van der Waals surface area contributed by atoms with E-state index in [1.54, 1.807) is 54.8 Å². The zero-order valence-electron chi connectivity index (χ0n) is 16.3. The Morgan fingerprint density at radius 2 is 1.52 bits per heavy atom. The normalized spacial score (nSPS) is 10.4. The molecular weight excluding hydrogens is 386 g/mol. The van der Waals surface area contributed by atoms with E-state index in [4.69, 9.17) is 4.74 Å². The summed E-state index contributed by atoms with van der Waals surface area (Å²) in [5.41, 5.74) is 2.49. The molecule has 0 fully saturated rings. The van der Waals surface area contributed by atoms with Gasteiger partial charge in [0.05, 0.1) is 12.1 Å². The molecule has 1 amide bonds. The standard InChI is InChI=1S/C23H21NO4S/c1-16-12-13-29-20(16)14-24(2)21(25)15-28-23(27)19-10-8-18(9-11-19)22(26)17-6-4-3-5-7-17/h3-13H,14-15H2,1-2H3. The highest BCUT2D eigenvalue weighted by molar-refractivity contribution is 7.10. The molecule has 0 unspecified atom stereocenters. The lowest BCUT2D eigenvalue weighted by atomic mass is 10.0. The predicted molar refractivity (Wildman–Crippen MR) is 112 cm³/mol. The monoisotopic (exact) mass is 407 g/mol. The van der Waals surface area contributed by atoms with Crippen molar-refractivity contribution < 1.29 is 19.1 Å². The van der Waals surface area contributed by atoms with E-state index in [2.05, 4.69) is 0 Å². The molecule has 0 aliphatic rings. The lowest BCUT2D eigenvalue weighted by Crippen LogP contribution is -2.30. The van der Waals surface area contributed by atoms with Crippen LogP contribution >= 0.6 is 11.3 Å². The summed E-state index contributed by atoms with van der Waals surface area (Å²) in [5.74, 6) is -0.994. The van der Waals surface area contributed by atoms with Gasteiger partial charge in [0, 0.05) is 23.1 Å². The third-order valence-corrected chi connectivity index (χ3v) is 5.53. The predicted octanol–water partition coefficient (Wildman–Crippen LogP) is 4.10. The van der Waals surface area contributed by atoms with Crippen molar-refractivity contribution in [2.24, 2.45) is 0 Å². The number of hydrogen-bond donors (Lipinski definition) is 0. The van der Waals surface area contributed by atoms with Gasteiger partial charge in [0.2, 0.25) is 0 Å². The van der Waals surface area contributed by atoms with E-state index >= 15 is 0 Å². The van der Waals surface area contributed by atoms with Crippen molar-refractivity contribution in [3.8, 4) is 0 Å². The third kappa shape index (κ3) is 5.18. The molecule has 3 rings (SSSR count). The van der Waals surface area contributed by atoms with Gasteiger partial charge < -0.3 is 9.64 Å². The lowest BCUT2D eigenvalue weighted by molar-refractivity contribution is -0.133. The Bertz CT molecular complexity index is 1010. The largest absolute Gasteiger partial charge is 0.452 e. The molecule has 0 atom stereocenters. The highest BCUT2D eigenvalue weighted by atomic mass is 32.1. The topological polar surface area (TPSA) is 63.7 Å². The van der Waals surface area contributed by atoms with Gasteiger partial charge in [0.25, 0.3) is 5.91 Å². The Balaban J connectivity index is 1.54. The summed E-state index contributed by atoms with van der Waals surface area (Å²) < 4.78 is 5.13. The number of benzene rings is 2. The van der Waals surface area contributed by atoms with E-state index in [0.29, 0.717) is 23.2 Å². The Morgan fingerprint density at radius 1 is 0.897 bits per heavy atom. The SMILES string of the molecule is Cc1ccsc1CN(C)C(=O)COC(=O)c1ccc(C(=O)c2ccccc2)cc1. The summed E-state index contributed by atoms with van der Waals surface area (Å²) in [6.07, 6.45) is 0. The lowest BCUT2D eigenvalue weighted by Gasteiger charge is -2.16. The molecule has 0 saturated carbocycles. The minimum atomic E-state index is -0.599. The van der Waals surface area contributed by atoms with Crippen LogP contribution < -0.4 is 0 Å². The second kappa shape index (κ2) is 9.30. The first-order chi connectivity index (χ1) is 14.0. The molecule has 1 aromatic heterocycles. The summed E-state index contributed by atoms with van der Waals surface area (Å²) in [5, 5.41) is 1.98. The van der Waals surface area contributed by atoms with E-state index in [1.807, 2.05) is 24.4 Å². The second-order valence-electron chi connectivity index (χ2n) is 6.63.